The fraction of sp³-hybridized carbons (Fsp3) is 0.667. The number of piperidine rings is 1. The lowest BCUT2D eigenvalue weighted by Crippen LogP contribution is -2.35. The Bertz CT molecular complexity index is 366. The van der Waals surface area contributed by atoms with Gasteiger partial charge in [0, 0.05) is 19.2 Å². The third-order valence-electron chi connectivity index (χ3n) is 3.51. The zero-order chi connectivity index (χ0) is 12.4. The van der Waals surface area contributed by atoms with Crippen molar-refractivity contribution in [1.29, 1.82) is 0 Å². The molecule has 1 aliphatic heterocycles. The second kappa shape index (κ2) is 5.08. The van der Waals surface area contributed by atoms with Crippen molar-refractivity contribution in [3.8, 4) is 0 Å². The first-order valence-electron chi connectivity index (χ1n) is 6.11. The molecule has 94 valence electrons. The van der Waals surface area contributed by atoms with Crippen LogP contribution in [0.4, 0.5) is 11.8 Å². The Morgan fingerprint density at radius 1 is 1.35 bits per heavy atom. The van der Waals surface area contributed by atoms with Gasteiger partial charge in [0.1, 0.15) is 11.0 Å². The van der Waals surface area contributed by atoms with E-state index in [1.54, 1.807) is 6.07 Å². The molecule has 0 unspecified atom stereocenters. The maximum atomic E-state index is 5.89. The van der Waals surface area contributed by atoms with Crippen LogP contribution >= 0.6 is 11.6 Å². The van der Waals surface area contributed by atoms with Crippen molar-refractivity contribution < 1.29 is 0 Å². The van der Waals surface area contributed by atoms with Crippen molar-refractivity contribution in [2.24, 2.45) is 11.8 Å². The van der Waals surface area contributed by atoms with Crippen molar-refractivity contribution in [2.45, 2.75) is 26.7 Å². The van der Waals surface area contributed by atoms with Gasteiger partial charge in [-0.15, -0.1) is 0 Å². The lowest BCUT2D eigenvalue weighted by atomic mass is 9.87. The largest absolute Gasteiger partial charge is 0.368 e. The number of aromatic nitrogens is 2. The molecule has 2 heterocycles. The summed E-state index contributed by atoms with van der Waals surface area (Å²) in [5.41, 5.74) is 5.61. The molecule has 0 spiro atoms. The Morgan fingerprint density at radius 3 is 2.53 bits per heavy atom. The Labute approximate surface area is 107 Å². The molecule has 0 aliphatic carbocycles. The van der Waals surface area contributed by atoms with Crippen LogP contribution in [0.5, 0.6) is 0 Å². The molecule has 1 fully saturated rings. The summed E-state index contributed by atoms with van der Waals surface area (Å²) >= 11 is 5.89. The molecule has 0 atom stereocenters. The van der Waals surface area contributed by atoms with Gasteiger partial charge in [-0.05, 0) is 24.7 Å². The lowest BCUT2D eigenvalue weighted by Gasteiger charge is -2.34. The van der Waals surface area contributed by atoms with Crippen molar-refractivity contribution in [3.63, 3.8) is 0 Å². The van der Waals surface area contributed by atoms with Gasteiger partial charge < -0.3 is 10.6 Å². The first-order chi connectivity index (χ1) is 8.06. The number of nitrogens with zero attached hydrogens (tertiary/aromatic N) is 3. The van der Waals surface area contributed by atoms with E-state index in [0.717, 1.165) is 30.7 Å². The zero-order valence-electron chi connectivity index (χ0n) is 10.4. The third-order valence-corrected chi connectivity index (χ3v) is 3.70. The van der Waals surface area contributed by atoms with Gasteiger partial charge in [0.25, 0.3) is 0 Å². The number of rotatable bonds is 2. The van der Waals surface area contributed by atoms with Gasteiger partial charge in [0.15, 0.2) is 0 Å². The molecular weight excluding hydrogens is 236 g/mol. The summed E-state index contributed by atoms with van der Waals surface area (Å²) in [6.07, 6.45) is 2.42. The van der Waals surface area contributed by atoms with Crippen LogP contribution in [0.3, 0.4) is 0 Å². The third kappa shape index (κ3) is 3.00. The maximum Gasteiger partial charge on any atom is 0.223 e. The minimum Gasteiger partial charge on any atom is -0.368 e. The average molecular weight is 255 g/mol. The Balaban J connectivity index is 2.05. The molecule has 2 N–H and O–H groups in total. The molecule has 1 aromatic heterocycles. The number of nitrogen functional groups attached to an aromatic ring is 1. The first-order valence-corrected chi connectivity index (χ1v) is 6.49. The Morgan fingerprint density at radius 2 is 2.00 bits per heavy atom. The van der Waals surface area contributed by atoms with Crippen molar-refractivity contribution >= 4 is 23.4 Å². The molecule has 0 aromatic carbocycles. The first kappa shape index (κ1) is 12.4. The average Bonchev–Trinajstić information content (AvgIpc) is 2.28. The number of anilines is 2. The van der Waals surface area contributed by atoms with Crippen LogP contribution in [0, 0.1) is 11.8 Å². The highest BCUT2D eigenvalue weighted by atomic mass is 35.5. The van der Waals surface area contributed by atoms with E-state index in [1.165, 1.54) is 12.8 Å². The van der Waals surface area contributed by atoms with Crippen molar-refractivity contribution in [3.05, 3.63) is 11.2 Å². The summed E-state index contributed by atoms with van der Waals surface area (Å²) in [5.74, 6) is 2.68. The summed E-state index contributed by atoms with van der Waals surface area (Å²) in [5, 5.41) is 0.415. The van der Waals surface area contributed by atoms with Gasteiger partial charge in [0.2, 0.25) is 5.95 Å². The Kier molecular flexibility index (Phi) is 3.72. The molecule has 0 saturated carbocycles. The molecular formula is C12H19ClN4. The smallest absolute Gasteiger partial charge is 0.223 e. The fourth-order valence-corrected chi connectivity index (χ4v) is 2.56. The van der Waals surface area contributed by atoms with E-state index in [-0.39, 0.29) is 5.95 Å². The van der Waals surface area contributed by atoms with E-state index in [2.05, 4.69) is 28.7 Å². The molecule has 5 heteroatoms. The van der Waals surface area contributed by atoms with Gasteiger partial charge in [-0.3, -0.25) is 0 Å². The van der Waals surface area contributed by atoms with Crippen LogP contribution in [0.2, 0.25) is 5.15 Å². The number of nitrogens with two attached hydrogens (primary N) is 1. The minimum absolute atomic E-state index is 0.249. The molecule has 4 nitrogen and oxygen atoms in total. The van der Waals surface area contributed by atoms with Crippen LogP contribution < -0.4 is 10.6 Å². The highest BCUT2D eigenvalue weighted by Crippen LogP contribution is 2.27. The molecule has 1 aromatic rings. The highest BCUT2D eigenvalue weighted by Gasteiger charge is 2.22. The molecule has 0 radical (unpaired) electrons. The van der Waals surface area contributed by atoms with Gasteiger partial charge in [-0.25, -0.2) is 4.98 Å². The quantitative estimate of drug-likeness (QED) is 0.825. The van der Waals surface area contributed by atoms with E-state index in [1.807, 2.05) is 0 Å². The SMILES string of the molecule is CC(C)C1CCN(c2cc(Cl)nc(N)n2)CC1. The number of hydrogen-bond acceptors (Lipinski definition) is 4. The van der Waals surface area contributed by atoms with Crippen LogP contribution in [0.1, 0.15) is 26.7 Å². The molecule has 1 saturated heterocycles. The van der Waals surface area contributed by atoms with E-state index >= 15 is 0 Å². The van der Waals surface area contributed by atoms with Gasteiger partial charge in [-0.1, -0.05) is 25.4 Å². The normalized spacial score (nSPS) is 17.8. The van der Waals surface area contributed by atoms with Crippen molar-refractivity contribution in [2.75, 3.05) is 23.7 Å². The molecule has 17 heavy (non-hydrogen) atoms. The van der Waals surface area contributed by atoms with Crippen LogP contribution in [0.15, 0.2) is 6.07 Å². The highest BCUT2D eigenvalue weighted by molar-refractivity contribution is 6.29. The minimum atomic E-state index is 0.249. The van der Waals surface area contributed by atoms with Gasteiger partial charge >= 0.3 is 0 Å². The maximum absolute atomic E-state index is 5.89. The predicted octanol–water partition coefficient (Wildman–Crippen LogP) is 2.58. The van der Waals surface area contributed by atoms with E-state index in [9.17, 15) is 0 Å². The summed E-state index contributed by atoms with van der Waals surface area (Å²) in [6, 6.07) is 1.79. The van der Waals surface area contributed by atoms with Gasteiger partial charge in [-0.2, -0.15) is 4.98 Å². The Hall–Kier alpha value is -1.03. The monoisotopic (exact) mass is 254 g/mol. The number of halogens is 1. The zero-order valence-corrected chi connectivity index (χ0v) is 11.1. The van der Waals surface area contributed by atoms with E-state index in [4.69, 9.17) is 17.3 Å². The fourth-order valence-electron chi connectivity index (χ4n) is 2.38. The number of hydrogen-bond donors (Lipinski definition) is 1. The summed E-state index contributed by atoms with van der Waals surface area (Å²) in [7, 11) is 0. The molecule has 0 bridgehead atoms. The van der Waals surface area contributed by atoms with Crippen molar-refractivity contribution in [1.82, 2.24) is 9.97 Å². The van der Waals surface area contributed by atoms with E-state index in [0.29, 0.717) is 5.15 Å². The van der Waals surface area contributed by atoms with Crippen LogP contribution in [-0.2, 0) is 0 Å². The second-order valence-electron chi connectivity index (χ2n) is 4.98. The molecule has 1 aliphatic rings. The van der Waals surface area contributed by atoms with E-state index < -0.39 is 0 Å². The van der Waals surface area contributed by atoms with Crippen LogP contribution in [-0.4, -0.2) is 23.1 Å². The van der Waals surface area contributed by atoms with Crippen LogP contribution in [0.25, 0.3) is 0 Å². The summed E-state index contributed by atoms with van der Waals surface area (Å²) in [6.45, 7) is 6.63. The standard InChI is InChI=1S/C12H19ClN4/c1-8(2)9-3-5-17(6-4-9)11-7-10(13)15-12(14)16-11/h7-9H,3-6H2,1-2H3,(H2,14,15,16). The topological polar surface area (TPSA) is 55.0 Å². The summed E-state index contributed by atoms with van der Waals surface area (Å²) < 4.78 is 0. The second-order valence-corrected chi connectivity index (χ2v) is 5.36. The van der Waals surface area contributed by atoms with Gasteiger partial charge in [0.05, 0.1) is 0 Å². The molecule has 0 amide bonds. The lowest BCUT2D eigenvalue weighted by molar-refractivity contribution is 0.310. The summed E-state index contributed by atoms with van der Waals surface area (Å²) in [4.78, 5) is 10.4. The molecule has 2 rings (SSSR count). The predicted molar refractivity (Wildman–Crippen MR) is 71.2 cm³/mol.